The van der Waals surface area contributed by atoms with Crippen LogP contribution in [0.25, 0.3) is 0 Å². The fourth-order valence-corrected chi connectivity index (χ4v) is 3.56. The third-order valence-corrected chi connectivity index (χ3v) is 4.96. The maximum atomic E-state index is 12.5. The molecule has 0 bridgehead atoms. The zero-order valence-corrected chi connectivity index (χ0v) is 16.9. The predicted octanol–water partition coefficient (Wildman–Crippen LogP) is 1.83. The molecule has 1 unspecified atom stereocenters. The van der Waals surface area contributed by atoms with E-state index in [1.807, 2.05) is 18.3 Å². The molecule has 0 radical (unpaired) electrons. The van der Waals surface area contributed by atoms with E-state index in [9.17, 15) is 4.79 Å². The highest BCUT2D eigenvalue weighted by molar-refractivity contribution is 6.30. The summed E-state index contributed by atoms with van der Waals surface area (Å²) in [5.74, 6) is 0.653. The number of hydrogen-bond acceptors (Lipinski definition) is 6. The highest BCUT2D eigenvalue weighted by Crippen LogP contribution is 2.33. The number of halogens is 2. The van der Waals surface area contributed by atoms with Gasteiger partial charge in [0, 0.05) is 36.6 Å². The molecule has 152 valence electrons. The fourth-order valence-electron chi connectivity index (χ4n) is 3.38. The summed E-state index contributed by atoms with van der Waals surface area (Å²) in [6.45, 7) is 4.67. The van der Waals surface area contributed by atoms with Crippen molar-refractivity contribution in [2.75, 3.05) is 32.9 Å². The number of nitrogens with one attached hydrogen (secondary N) is 1. The van der Waals surface area contributed by atoms with Gasteiger partial charge in [-0.05, 0) is 18.2 Å². The summed E-state index contributed by atoms with van der Waals surface area (Å²) < 4.78 is 12.6. The number of rotatable bonds is 5. The summed E-state index contributed by atoms with van der Waals surface area (Å²) in [6, 6.07) is 5.36. The van der Waals surface area contributed by atoms with Crippen molar-refractivity contribution in [3.8, 4) is 5.75 Å². The van der Waals surface area contributed by atoms with Gasteiger partial charge < -0.3 is 14.8 Å². The van der Waals surface area contributed by atoms with Crippen LogP contribution in [0.5, 0.6) is 5.75 Å². The molecule has 1 aromatic carbocycles. The second-order valence-electron chi connectivity index (χ2n) is 6.74. The Hall–Kier alpha value is -1.87. The van der Waals surface area contributed by atoms with Crippen molar-refractivity contribution in [2.24, 2.45) is 0 Å². The van der Waals surface area contributed by atoms with Crippen molar-refractivity contribution < 1.29 is 14.3 Å². The number of amides is 1. The monoisotopic (exact) mass is 427 g/mol. The summed E-state index contributed by atoms with van der Waals surface area (Å²) in [5.41, 5.74) is 1.77. The molecule has 1 aromatic heterocycles. The molecular formula is C18H23Cl2N5O3. The molecule has 0 aliphatic carbocycles. The average Bonchev–Trinajstić information content (AvgIpc) is 3.09. The van der Waals surface area contributed by atoms with Gasteiger partial charge in [0.25, 0.3) is 0 Å². The fraction of sp³-hybridized carbons (Fsp3) is 0.500. The van der Waals surface area contributed by atoms with Gasteiger partial charge in [0.05, 0.1) is 37.8 Å². The lowest BCUT2D eigenvalue weighted by atomic mass is 10.0. The third kappa shape index (κ3) is 5.14. The second-order valence-corrected chi connectivity index (χ2v) is 7.17. The van der Waals surface area contributed by atoms with Gasteiger partial charge in [0.15, 0.2) is 0 Å². The summed E-state index contributed by atoms with van der Waals surface area (Å²) >= 11 is 6.09. The molecule has 1 saturated heterocycles. The molecule has 4 rings (SSSR count). The molecule has 1 N–H and O–H groups in total. The van der Waals surface area contributed by atoms with Crippen LogP contribution in [-0.4, -0.2) is 58.7 Å². The second kappa shape index (κ2) is 9.56. The minimum Gasteiger partial charge on any atom is -0.493 e. The van der Waals surface area contributed by atoms with Gasteiger partial charge in [0.1, 0.15) is 12.3 Å². The van der Waals surface area contributed by atoms with Gasteiger partial charge in [-0.25, -0.2) is 4.68 Å². The first kappa shape index (κ1) is 20.9. The zero-order valence-electron chi connectivity index (χ0n) is 15.3. The first-order chi connectivity index (χ1) is 13.2. The van der Waals surface area contributed by atoms with Crippen LogP contribution < -0.4 is 10.1 Å². The molecule has 1 amide bonds. The van der Waals surface area contributed by atoms with Crippen molar-refractivity contribution in [1.82, 2.24) is 25.2 Å². The van der Waals surface area contributed by atoms with Crippen molar-refractivity contribution >= 4 is 29.9 Å². The maximum absolute atomic E-state index is 12.5. The maximum Gasteiger partial charge on any atom is 0.242 e. The van der Waals surface area contributed by atoms with Gasteiger partial charge in [-0.3, -0.25) is 9.69 Å². The van der Waals surface area contributed by atoms with E-state index in [0.717, 1.165) is 49.9 Å². The topological polar surface area (TPSA) is 81.5 Å². The standard InChI is InChI=1S/C18H22ClN5O3.ClH/c19-13-1-2-17-15(9-13)16(3-6-27-17)20-18(25)12-24-11-14(21-22-24)10-23-4-7-26-8-5-23;/h1-2,9,11,16H,3-8,10,12H2,(H,20,25);1H. The van der Waals surface area contributed by atoms with Crippen LogP contribution in [-0.2, 0) is 22.6 Å². The van der Waals surface area contributed by atoms with E-state index in [1.54, 1.807) is 10.7 Å². The highest BCUT2D eigenvalue weighted by Gasteiger charge is 2.23. The molecule has 8 nitrogen and oxygen atoms in total. The van der Waals surface area contributed by atoms with Crippen molar-refractivity contribution in [2.45, 2.75) is 25.6 Å². The molecule has 2 aliphatic heterocycles. The molecule has 1 fully saturated rings. The van der Waals surface area contributed by atoms with Crippen LogP contribution in [0.2, 0.25) is 5.02 Å². The number of morpholine rings is 1. The summed E-state index contributed by atoms with van der Waals surface area (Å²) in [4.78, 5) is 14.7. The Bertz CT molecular complexity index is 810. The van der Waals surface area contributed by atoms with Crippen LogP contribution in [0, 0.1) is 0 Å². The Balaban J connectivity index is 0.00000225. The van der Waals surface area contributed by atoms with E-state index < -0.39 is 0 Å². The number of ether oxygens (including phenoxy) is 2. The molecule has 0 spiro atoms. The van der Waals surface area contributed by atoms with E-state index in [0.29, 0.717) is 18.1 Å². The van der Waals surface area contributed by atoms with Crippen molar-refractivity contribution in [3.05, 3.63) is 40.7 Å². The number of nitrogens with zero attached hydrogens (tertiary/aromatic N) is 4. The first-order valence-corrected chi connectivity index (χ1v) is 9.46. The number of fused-ring (bicyclic) bond motifs is 1. The molecular weight excluding hydrogens is 405 g/mol. The van der Waals surface area contributed by atoms with E-state index in [-0.39, 0.29) is 30.9 Å². The smallest absolute Gasteiger partial charge is 0.242 e. The van der Waals surface area contributed by atoms with Crippen LogP contribution in [0.4, 0.5) is 0 Å². The SMILES string of the molecule is Cl.O=C(Cn1cc(CN2CCOCC2)nn1)NC1CCOc2ccc(Cl)cc21. The zero-order chi connectivity index (χ0) is 18.6. The summed E-state index contributed by atoms with van der Waals surface area (Å²) in [6.07, 6.45) is 2.53. The summed E-state index contributed by atoms with van der Waals surface area (Å²) in [5, 5.41) is 11.9. The number of carbonyl (C=O) groups excluding carboxylic acids is 1. The molecule has 2 aliphatic rings. The highest BCUT2D eigenvalue weighted by atomic mass is 35.5. The van der Waals surface area contributed by atoms with E-state index in [2.05, 4.69) is 20.5 Å². The Morgan fingerprint density at radius 1 is 1.29 bits per heavy atom. The van der Waals surface area contributed by atoms with Gasteiger partial charge in [-0.2, -0.15) is 0 Å². The largest absolute Gasteiger partial charge is 0.493 e. The van der Waals surface area contributed by atoms with Crippen LogP contribution >= 0.6 is 24.0 Å². The Morgan fingerprint density at radius 3 is 2.93 bits per heavy atom. The number of hydrogen-bond donors (Lipinski definition) is 1. The minimum absolute atomic E-state index is 0. The molecule has 0 saturated carbocycles. The van der Waals surface area contributed by atoms with Crippen LogP contribution in [0.15, 0.2) is 24.4 Å². The quantitative estimate of drug-likeness (QED) is 0.783. The number of benzene rings is 1. The van der Waals surface area contributed by atoms with Gasteiger partial charge >= 0.3 is 0 Å². The molecule has 10 heteroatoms. The lowest BCUT2D eigenvalue weighted by Crippen LogP contribution is -2.35. The molecule has 28 heavy (non-hydrogen) atoms. The van der Waals surface area contributed by atoms with E-state index in [4.69, 9.17) is 21.1 Å². The third-order valence-electron chi connectivity index (χ3n) is 4.73. The molecule has 3 heterocycles. The van der Waals surface area contributed by atoms with E-state index >= 15 is 0 Å². The lowest BCUT2D eigenvalue weighted by molar-refractivity contribution is -0.122. The summed E-state index contributed by atoms with van der Waals surface area (Å²) in [7, 11) is 0. The number of carbonyl (C=O) groups is 1. The van der Waals surface area contributed by atoms with Gasteiger partial charge in [0.2, 0.25) is 5.91 Å². The Kier molecular flexibility index (Phi) is 7.12. The van der Waals surface area contributed by atoms with Crippen LogP contribution in [0.1, 0.15) is 23.7 Å². The van der Waals surface area contributed by atoms with Crippen LogP contribution in [0.3, 0.4) is 0 Å². The predicted molar refractivity (Wildman–Crippen MR) is 106 cm³/mol. The number of aromatic nitrogens is 3. The van der Waals surface area contributed by atoms with Crippen molar-refractivity contribution in [1.29, 1.82) is 0 Å². The Morgan fingerprint density at radius 2 is 2.11 bits per heavy atom. The minimum atomic E-state index is -0.115. The normalized spacial score (nSPS) is 19.2. The van der Waals surface area contributed by atoms with Crippen molar-refractivity contribution in [3.63, 3.8) is 0 Å². The van der Waals surface area contributed by atoms with E-state index in [1.165, 1.54) is 0 Å². The van der Waals surface area contributed by atoms with Gasteiger partial charge in [-0.1, -0.05) is 16.8 Å². The molecule has 2 aromatic rings. The first-order valence-electron chi connectivity index (χ1n) is 9.08. The lowest BCUT2D eigenvalue weighted by Gasteiger charge is -2.26. The Labute approximate surface area is 174 Å². The molecule has 1 atom stereocenters. The average molecular weight is 428 g/mol. The van der Waals surface area contributed by atoms with Gasteiger partial charge in [-0.15, -0.1) is 17.5 Å².